The Morgan fingerprint density at radius 3 is 2.36 bits per heavy atom. The molecule has 0 fully saturated rings. The lowest BCUT2D eigenvalue weighted by Crippen LogP contribution is -2.30. The highest BCUT2D eigenvalue weighted by Crippen LogP contribution is 2.36. The average Bonchev–Trinajstić information content (AvgIpc) is 3.21. The summed E-state index contributed by atoms with van der Waals surface area (Å²) in [5.41, 5.74) is 3.28. The van der Waals surface area contributed by atoms with Crippen molar-refractivity contribution in [1.29, 1.82) is 0 Å². The van der Waals surface area contributed by atoms with Gasteiger partial charge in [-0.2, -0.15) is 0 Å². The number of rotatable bonds is 10. The first-order chi connectivity index (χ1) is 18.9. The number of amides is 2. The van der Waals surface area contributed by atoms with Crippen molar-refractivity contribution in [1.82, 2.24) is 5.32 Å². The van der Waals surface area contributed by atoms with Gasteiger partial charge in [0.25, 0.3) is 11.8 Å². The molecule has 3 aromatic carbocycles. The predicted octanol–water partition coefficient (Wildman–Crippen LogP) is 4.31. The Kier molecular flexibility index (Phi) is 8.78. The molecule has 1 aliphatic rings. The fraction of sp³-hybridized carbons (Fsp3) is 0.194. The summed E-state index contributed by atoms with van der Waals surface area (Å²) in [7, 11) is 2.83. The van der Waals surface area contributed by atoms with Crippen molar-refractivity contribution < 1.29 is 28.6 Å². The fourth-order valence-electron chi connectivity index (χ4n) is 4.26. The zero-order chi connectivity index (χ0) is 27.8. The van der Waals surface area contributed by atoms with Crippen molar-refractivity contribution in [3.8, 4) is 11.5 Å². The van der Waals surface area contributed by atoms with Crippen LogP contribution in [-0.4, -0.2) is 45.2 Å². The van der Waals surface area contributed by atoms with Gasteiger partial charge in [0, 0.05) is 18.3 Å². The summed E-state index contributed by atoms with van der Waals surface area (Å²) in [4.78, 5) is 39.7. The van der Waals surface area contributed by atoms with E-state index in [4.69, 9.17) is 14.2 Å². The summed E-state index contributed by atoms with van der Waals surface area (Å²) in [6, 6.07) is 23.9. The van der Waals surface area contributed by atoms with Crippen molar-refractivity contribution in [3.05, 3.63) is 107 Å². The van der Waals surface area contributed by atoms with Crippen LogP contribution in [0.2, 0.25) is 0 Å². The quantitative estimate of drug-likeness (QED) is 0.313. The molecule has 2 amide bonds. The molecule has 1 heterocycles. The first-order valence-corrected chi connectivity index (χ1v) is 12.4. The molecule has 0 saturated carbocycles. The summed E-state index contributed by atoms with van der Waals surface area (Å²) in [6.07, 6.45) is 2.38. The van der Waals surface area contributed by atoms with Gasteiger partial charge in [0.1, 0.15) is 11.5 Å². The molecule has 0 atom stereocenters. The predicted molar refractivity (Wildman–Crippen MR) is 148 cm³/mol. The monoisotopic (exact) mass is 526 g/mol. The molecule has 8 nitrogen and oxygen atoms in total. The van der Waals surface area contributed by atoms with Crippen molar-refractivity contribution in [2.45, 2.75) is 13.3 Å². The zero-order valence-corrected chi connectivity index (χ0v) is 22.1. The van der Waals surface area contributed by atoms with Crippen LogP contribution in [0, 0.1) is 0 Å². The SMILES string of the molecule is COC(=O)C1=C(C)N(c2cccc(OC)c2)C(=O)/C1=C\c1ccc(OCC(=O)NCCc2ccccc2)cc1. The molecule has 1 aliphatic heterocycles. The molecular formula is C31H30N2O6. The largest absolute Gasteiger partial charge is 0.497 e. The van der Waals surface area contributed by atoms with E-state index in [2.05, 4.69) is 5.32 Å². The molecule has 0 radical (unpaired) electrons. The first kappa shape index (κ1) is 27.2. The minimum atomic E-state index is -0.601. The normalized spacial score (nSPS) is 14.0. The highest BCUT2D eigenvalue weighted by molar-refractivity contribution is 6.23. The maximum atomic E-state index is 13.5. The van der Waals surface area contributed by atoms with E-state index in [9.17, 15) is 14.4 Å². The maximum Gasteiger partial charge on any atom is 0.340 e. The van der Waals surface area contributed by atoms with E-state index >= 15 is 0 Å². The van der Waals surface area contributed by atoms with E-state index in [1.54, 1.807) is 68.6 Å². The van der Waals surface area contributed by atoms with Crippen LogP contribution in [0.25, 0.3) is 6.08 Å². The number of allylic oxidation sites excluding steroid dienone is 1. The molecule has 39 heavy (non-hydrogen) atoms. The third kappa shape index (κ3) is 6.54. The summed E-state index contributed by atoms with van der Waals surface area (Å²) >= 11 is 0. The molecule has 3 aromatic rings. The van der Waals surface area contributed by atoms with E-state index < -0.39 is 5.97 Å². The number of ether oxygens (including phenoxy) is 3. The average molecular weight is 527 g/mol. The summed E-state index contributed by atoms with van der Waals surface area (Å²) in [5, 5.41) is 2.84. The van der Waals surface area contributed by atoms with Crippen molar-refractivity contribution >= 4 is 29.5 Å². The number of carbonyl (C=O) groups excluding carboxylic acids is 3. The van der Waals surface area contributed by atoms with Crippen molar-refractivity contribution in [3.63, 3.8) is 0 Å². The smallest absolute Gasteiger partial charge is 0.340 e. The van der Waals surface area contributed by atoms with Crippen molar-refractivity contribution in [2.24, 2.45) is 0 Å². The molecular weight excluding hydrogens is 496 g/mol. The Balaban J connectivity index is 1.43. The molecule has 200 valence electrons. The highest BCUT2D eigenvalue weighted by atomic mass is 16.5. The van der Waals surface area contributed by atoms with Crippen LogP contribution < -0.4 is 19.7 Å². The second-order valence-electron chi connectivity index (χ2n) is 8.80. The Labute approximate surface area is 227 Å². The van der Waals surface area contributed by atoms with Gasteiger partial charge >= 0.3 is 5.97 Å². The number of benzene rings is 3. The lowest BCUT2D eigenvalue weighted by molar-refractivity contribution is -0.136. The molecule has 4 rings (SSSR count). The highest BCUT2D eigenvalue weighted by Gasteiger charge is 2.38. The Bertz CT molecular complexity index is 1410. The molecule has 0 aliphatic carbocycles. The van der Waals surface area contributed by atoms with E-state index in [1.165, 1.54) is 12.0 Å². The summed E-state index contributed by atoms with van der Waals surface area (Å²) < 4.78 is 15.9. The van der Waals surface area contributed by atoms with Gasteiger partial charge in [-0.3, -0.25) is 14.5 Å². The van der Waals surface area contributed by atoms with Gasteiger partial charge < -0.3 is 19.5 Å². The van der Waals surface area contributed by atoms with Crippen LogP contribution in [0.5, 0.6) is 11.5 Å². The van der Waals surface area contributed by atoms with Crippen LogP contribution >= 0.6 is 0 Å². The van der Waals surface area contributed by atoms with Gasteiger partial charge in [0.05, 0.1) is 31.1 Å². The summed E-state index contributed by atoms with van der Waals surface area (Å²) in [5.74, 6) is -0.0735. The third-order valence-electron chi connectivity index (χ3n) is 6.24. The second kappa shape index (κ2) is 12.6. The number of hydrogen-bond donors (Lipinski definition) is 1. The minimum Gasteiger partial charge on any atom is -0.497 e. The van der Waals surface area contributed by atoms with Crippen LogP contribution in [0.4, 0.5) is 5.69 Å². The van der Waals surface area contributed by atoms with Gasteiger partial charge in [0.15, 0.2) is 6.61 Å². The number of anilines is 1. The third-order valence-corrected chi connectivity index (χ3v) is 6.24. The number of methoxy groups -OCH3 is 2. The van der Waals surface area contributed by atoms with E-state index in [0.717, 1.165) is 12.0 Å². The Morgan fingerprint density at radius 2 is 1.67 bits per heavy atom. The minimum absolute atomic E-state index is 0.113. The van der Waals surface area contributed by atoms with Crippen LogP contribution in [0.1, 0.15) is 18.1 Å². The van der Waals surface area contributed by atoms with Crippen LogP contribution in [-0.2, 0) is 25.5 Å². The summed E-state index contributed by atoms with van der Waals surface area (Å²) in [6.45, 7) is 2.11. The van der Waals surface area contributed by atoms with Crippen LogP contribution in [0.15, 0.2) is 95.7 Å². The molecule has 1 N–H and O–H groups in total. The molecule has 0 bridgehead atoms. The lowest BCUT2D eigenvalue weighted by Gasteiger charge is -2.18. The number of nitrogens with zero attached hydrogens (tertiary/aromatic N) is 1. The number of hydrogen-bond acceptors (Lipinski definition) is 6. The molecule has 8 heteroatoms. The standard InChI is InChI=1S/C31H30N2O6/c1-21-29(31(36)38-3)27(30(35)33(21)24-10-7-11-26(19-24)37-2)18-23-12-14-25(15-13-23)39-20-28(34)32-17-16-22-8-5-4-6-9-22/h4-15,18-19H,16-17,20H2,1-3H3,(H,32,34)/b27-18-. The fourth-order valence-corrected chi connectivity index (χ4v) is 4.26. The molecule has 0 spiro atoms. The Morgan fingerprint density at radius 1 is 0.923 bits per heavy atom. The number of nitrogens with one attached hydrogen (secondary N) is 1. The molecule has 0 aromatic heterocycles. The lowest BCUT2D eigenvalue weighted by atomic mass is 10.0. The van der Waals surface area contributed by atoms with Gasteiger partial charge in [-0.15, -0.1) is 0 Å². The van der Waals surface area contributed by atoms with E-state index in [-0.39, 0.29) is 29.6 Å². The van der Waals surface area contributed by atoms with Gasteiger partial charge in [-0.25, -0.2) is 4.79 Å². The number of carbonyl (C=O) groups is 3. The maximum absolute atomic E-state index is 13.5. The zero-order valence-electron chi connectivity index (χ0n) is 22.1. The molecule has 0 saturated heterocycles. The van der Waals surface area contributed by atoms with Gasteiger partial charge in [-0.05, 0) is 54.8 Å². The first-order valence-electron chi connectivity index (χ1n) is 12.4. The Hall–Kier alpha value is -4.85. The van der Waals surface area contributed by atoms with E-state index in [1.807, 2.05) is 30.3 Å². The number of esters is 1. The van der Waals surface area contributed by atoms with Crippen molar-refractivity contribution in [2.75, 3.05) is 32.3 Å². The van der Waals surface area contributed by atoms with Gasteiger partial charge in [0.2, 0.25) is 0 Å². The second-order valence-corrected chi connectivity index (χ2v) is 8.80. The van der Waals surface area contributed by atoms with Gasteiger partial charge in [-0.1, -0.05) is 48.5 Å². The molecule has 0 unspecified atom stereocenters. The topological polar surface area (TPSA) is 94.2 Å². The van der Waals surface area contributed by atoms with E-state index in [0.29, 0.717) is 35.0 Å². The van der Waals surface area contributed by atoms with Crippen LogP contribution in [0.3, 0.4) is 0 Å².